The van der Waals surface area contributed by atoms with E-state index in [0.717, 1.165) is 43.8 Å². The summed E-state index contributed by atoms with van der Waals surface area (Å²) in [5, 5.41) is 10.5. The van der Waals surface area contributed by atoms with Gasteiger partial charge in [0.05, 0.1) is 6.61 Å². The van der Waals surface area contributed by atoms with Crippen LogP contribution in [-0.4, -0.2) is 35.6 Å². The van der Waals surface area contributed by atoms with Crippen LogP contribution in [0.3, 0.4) is 0 Å². The number of aryl methyl sites for hydroxylation is 1. The summed E-state index contributed by atoms with van der Waals surface area (Å²) in [6.45, 7) is 1.83. The zero-order valence-corrected chi connectivity index (χ0v) is 13.7. The summed E-state index contributed by atoms with van der Waals surface area (Å²) >= 11 is 5.87. The van der Waals surface area contributed by atoms with Crippen molar-refractivity contribution in [2.75, 3.05) is 19.7 Å². The van der Waals surface area contributed by atoms with Gasteiger partial charge in [0.1, 0.15) is 0 Å². The van der Waals surface area contributed by atoms with Crippen molar-refractivity contribution in [2.45, 2.75) is 38.5 Å². The Bertz CT molecular complexity index is 530. The molecule has 1 heterocycles. The second-order valence-corrected chi connectivity index (χ2v) is 7.30. The molecule has 2 atom stereocenters. The summed E-state index contributed by atoms with van der Waals surface area (Å²) < 4.78 is 0. The van der Waals surface area contributed by atoms with Gasteiger partial charge in [0.15, 0.2) is 0 Å². The lowest BCUT2D eigenvalue weighted by Crippen LogP contribution is -2.33. The Hall–Kier alpha value is -1.06. The SMILES string of the molecule is O=C(CCCc1ccc(Cl)cc1)N1C[C@@H]2CCC[C@]2(CO)C1. The monoisotopic (exact) mass is 321 g/mol. The largest absolute Gasteiger partial charge is 0.396 e. The molecule has 1 saturated carbocycles. The standard InChI is InChI=1S/C18H24ClNO2/c19-16-8-6-14(7-9-16)3-1-5-17(22)20-11-15-4-2-10-18(15,12-20)13-21/h6-9,15,21H,1-5,10-13H2/t15-,18+/m0/s1. The first-order valence-corrected chi connectivity index (χ1v) is 8.64. The second-order valence-electron chi connectivity index (χ2n) is 6.86. The fourth-order valence-corrected chi connectivity index (χ4v) is 4.24. The Labute approximate surface area is 137 Å². The Morgan fingerprint density at radius 3 is 2.82 bits per heavy atom. The number of benzene rings is 1. The summed E-state index contributed by atoms with van der Waals surface area (Å²) in [5.74, 6) is 0.758. The highest BCUT2D eigenvalue weighted by Crippen LogP contribution is 2.48. The van der Waals surface area contributed by atoms with Gasteiger partial charge in [-0.1, -0.05) is 30.2 Å². The number of aliphatic hydroxyl groups is 1. The maximum absolute atomic E-state index is 12.4. The minimum atomic E-state index is 0.00579. The molecular formula is C18H24ClNO2. The molecule has 1 aromatic carbocycles. The summed E-state index contributed by atoms with van der Waals surface area (Å²) in [4.78, 5) is 14.4. The molecule has 1 N–H and O–H groups in total. The number of nitrogens with zero attached hydrogens (tertiary/aromatic N) is 1. The zero-order valence-electron chi connectivity index (χ0n) is 12.9. The van der Waals surface area contributed by atoms with Crippen molar-refractivity contribution in [1.29, 1.82) is 0 Å². The molecule has 0 aromatic heterocycles. The average molecular weight is 322 g/mol. The molecular weight excluding hydrogens is 298 g/mol. The Balaban J connectivity index is 1.48. The van der Waals surface area contributed by atoms with Crippen LogP contribution in [0, 0.1) is 11.3 Å². The first-order chi connectivity index (χ1) is 10.6. The number of amides is 1. The van der Waals surface area contributed by atoms with Crippen LogP contribution in [0.4, 0.5) is 0 Å². The van der Waals surface area contributed by atoms with Crippen LogP contribution in [-0.2, 0) is 11.2 Å². The van der Waals surface area contributed by atoms with Gasteiger partial charge in [-0.25, -0.2) is 0 Å². The molecule has 3 rings (SSSR count). The first-order valence-electron chi connectivity index (χ1n) is 8.26. The van der Waals surface area contributed by atoms with E-state index in [2.05, 4.69) is 0 Å². The van der Waals surface area contributed by atoms with E-state index in [4.69, 9.17) is 11.6 Å². The molecule has 120 valence electrons. The molecule has 0 bridgehead atoms. The van der Waals surface area contributed by atoms with Crippen molar-refractivity contribution in [3.8, 4) is 0 Å². The van der Waals surface area contributed by atoms with Crippen LogP contribution in [0.1, 0.15) is 37.7 Å². The number of rotatable bonds is 5. The number of hydrogen-bond donors (Lipinski definition) is 1. The highest BCUT2D eigenvalue weighted by Gasteiger charge is 2.49. The van der Waals surface area contributed by atoms with Crippen LogP contribution < -0.4 is 0 Å². The van der Waals surface area contributed by atoms with Gasteiger partial charge in [-0.15, -0.1) is 0 Å². The van der Waals surface area contributed by atoms with E-state index in [9.17, 15) is 9.90 Å². The van der Waals surface area contributed by atoms with Crippen molar-refractivity contribution >= 4 is 17.5 Å². The molecule has 1 aliphatic heterocycles. The van der Waals surface area contributed by atoms with Crippen LogP contribution >= 0.6 is 11.6 Å². The summed E-state index contributed by atoms with van der Waals surface area (Å²) in [5.41, 5.74) is 1.23. The molecule has 3 nitrogen and oxygen atoms in total. The number of fused-ring (bicyclic) bond motifs is 1. The Morgan fingerprint density at radius 2 is 2.14 bits per heavy atom. The van der Waals surface area contributed by atoms with Crippen LogP contribution in [0.5, 0.6) is 0 Å². The number of likely N-dealkylation sites (tertiary alicyclic amines) is 1. The number of carbonyl (C=O) groups excluding carboxylic acids is 1. The number of halogens is 1. The summed E-state index contributed by atoms with van der Waals surface area (Å²) in [7, 11) is 0. The van der Waals surface area contributed by atoms with Gasteiger partial charge >= 0.3 is 0 Å². The predicted molar refractivity (Wildman–Crippen MR) is 87.8 cm³/mol. The van der Waals surface area contributed by atoms with Crippen molar-refractivity contribution in [1.82, 2.24) is 4.90 Å². The number of aliphatic hydroxyl groups excluding tert-OH is 1. The van der Waals surface area contributed by atoms with E-state index < -0.39 is 0 Å². The quantitative estimate of drug-likeness (QED) is 0.904. The maximum atomic E-state index is 12.4. The van der Waals surface area contributed by atoms with Gasteiger partial charge in [0.25, 0.3) is 0 Å². The van der Waals surface area contributed by atoms with E-state index >= 15 is 0 Å². The summed E-state index contributed by atoms with van der Waals surface area (Å²) in [6, 6.07) is 7.83. The van der Waals surface area contributed by atoms with Gasteiger partial charge in [0, 0.05) is 29.9 Å². The summed E-state index contributed by atoms with van der Waals surface area (Å²) in [6.07, 6.45) is 5.80. The van der Waals surface area contributed by atoms with Gasteiger partial charge < -0.3 is 10.0 Å². The molecule has 2 fully saturated rings. The lowest BCUT2D eigenvalue weighted by Gasteiger charge is -2.25. The van der Waals surface area contributed by atoms with Gasteiger partial charge in [-0.2, -0.15) is 0 Å². The normalized spacial score (nSPS) is 27.2. The smallest absolute Gasteiger partial charge is 0.222 e. The molecule has 1 aliphatic carbocycles. The molecule has 1 amide bonds. The average Bonchev–Trinajstić information content (AvgIpc) is 3.06. The van der Waals surface area contributed by atoms with E-state index in [0.29, 0.717) is 12.3 Å². The molecule has 22 heavy (non-hydrogen) atoms. The fraction of sp³-hybridized carbons (Fsp3) is 0.611. The van der Waals surface area contributed by atoms with Gasteiger partial charge in [0.2, 0.25) is 5.91 Å². The third kappa shape index (κ3) is 3.16. The number of carbonyl (C=O) groups is 1. The van der Waals surface area contributed by atoms with Crippen LogP contribution in [0.25, 0.3) is 0 Å². The molecule has 0 spiro atoms. The van der Waals surface area contributed by atoms with Crippen molar-refractivity contribution < 1.29 is 9.90 Å². The topological polar surface area (TPSA) is 40.5 Å². The van der Waals surface area contributed by atoms with Crippen molar-refractivity contribution in [3.63, 3.8) is 0 Å². The van der Waals surface area contributed by atoms with Gasteiger partial charge in [-0.3, -0.25) is 4.79 Å². The molecule has 4 heteroatoms. The van der Waals surface area contributed by atoms with Crippen molar-refractivity contribution in [2.24, 2.45) is 11.3 Å². The van der Waals surface area contributed by atoms with E-state index in [-0.39, 0.29) is 17.9 Å². The van der Waals surface area contributed by atoms with E-state index in [1.54, 1.807) is 0 Å². The maximum Gasteiger partial charge on any atom is 0.222 e. The molecule has 1 aromatic rings. The van der Waals surface area contributed by atoms with Crippen LogP contribution in [0.2, 0.25) is 5.02 Å². The molecule has 0 unspecified atom stereocenters. The molecule has 2 aliphatic rings. The third-order valence-corrected chi connectivity index (χ3v) is 5.73. The lowest BCUT2D eigenvalue weighted by atomic mass is 9.82. The van der Waals surface area contributed by atoms with Crippen molar-refractivity contribution in [3.05, 3.63) is 34.9 Å². The van der Waals surface area contributed by atoms with Gasteiger partial charge in [-0.05, 0) is 49.3 Å². The minimum absolute atomic E-state index is 0.00579. The highest BCUT2D eigenvalue weighted by molar-refractivity contribution is 6.30. The third-order valence-electron chi connectivity index (χ3n) is 5.48. The second kappa shape index (κ2) is 6.59. The highest BCUT2D eigenvalue weighted by atomic mass is 35.5. The lowest BCUT2D eigenvalue weighted by molar-refractivity contribution is -0.130. The van der Waals surface area contributed by atoms with Crippen LogP contribution in [0.15, 0.2) is 24.3 Å². The zero-order chi connectivity index (χ0) is 15.6. The minimum Gasteiger partial charge on any atom is -0.396 e. The Kier molecular flexibility index (Phi) is 4.74. The van der Waals surface area contributed by atoms with E-state index in [1.807, 2.05) is 29.2 Å². The molecule has 1 saturated heterocycles. The Morgan fingerprint density at radius 1 is 1.36 bits per heavy atom. The molecule has 0 radical (unpaired) electrons. The number of hydrogen-bond acceptors (Lipinski definition) is 2. The fourth-order valence-electron chi connectivity index (χ4n) is 4.12. The first kappa shape index (κ1) is 15.8. The van der Waals surface area contributed by atoms with E-state index in [1.165, 1.54) is 12.0 Å². The predicted octanol–water partition coefficient (Wildman–Crippen LogP) is 3.28.